The highest BCUT2D eigenvalue weighted by molar-refractivity contribution is 5.40. The second kappa shape index (κ2) is 7.18. The van der Waals surface area contributed by atoms with Gasteiger partial charge < -0.3 is 5.73 Å². The number of hydrogen-bond acceptors (Lipinski definition) is 2. The van der Waals surface area contributed by atoms with Crippen molar-refractivity contribution in [3.63, 3.8) is 0 Å². The van der Waals surface area contributed by atoms with E-state index in [4.69, 9.17) is 5.73 Å². The fourth-order valence-electron chi connectivity index (χ4n) is 2.39. The van der Waals surface area contributed by atoms with Gasteiger partial charge in [0.25, 0.3) is 0 Å². The van der Waals surface area contributed by atoms with Crippen LogP contribution in [0.5, 0.6) is 0 Å². The monoisotopic (exact) mass is 290 g/mol. The molecule has 0 amide bonds. The lowest BCUT2D eigenvalue weighted by atomic mass is 10.1. The highest BCUT2D eigenvalue weighted by Gasteiger charge is 2.11. The Morgan fingerprint density at radius 1 is 1.05 bits per heavy atom. The average molecular weight is 290 g/mol. The molecule has 2 N–H and O–H groups in total. The molecule has 2 rings (SSSR count). The molecule has 2 aromatic rings. The standard InChI is InChI=1S/C17H20F2N2/c1-2-8-21(11-13-4-3-5-16(20)9-13)12-14-10-15(18)6-7-17(14)19/h3-7,9-10H,2,8,11-12,20H2,1H3. The minimum Gasteiger partial charge on any atom is -0.399 e. The van der Waals surface area contributed by atoms with E-state index < -0.39 is 5.82 Å². The van der Waals surface area contributed by atoms with Crippen LogP contribution in [0.3, 0.4) is 0 Å². The third-order valence-corrected chi connectivity index (χ3v) is 3.30. The number of halogens is 2. The Kier molecular flexibility index (Phi) is 5.28. The van der Waals surface area contributed by atoms with Crippen molar-refractivity contribution in [3.8, 4) is 0 Å². The van der Waals surface area contributed by atoms with E-state index >= 15 is 0 Å². The van der Waals surface area contributed by atoms with Crippen molar-refractivity contribution in [2.75, 3.05) is 12.3 Å². The molecular weight excluding hydrogens is 270 g/mol. The number of benzene rings is 2. The summed E-state index contributed by atoms with van der Waals surface area (Å²) in [5, 5.41) is 0. The predicted molar refractivity (Wildman–Crippen MR) is 81.6 cm³/mol. The maximum absolute atomic E-state index is 13.8. The van der Waals surface area contributed by atoms with Crippen LogP contribution in [0, 0.1) is 11.6 Å². The van der Waals surface area contributed by atoms with Crippen LogP contribution < -0.4 is 5.73 Å². The van der Waals surface area contributed by atoms with E-state index in [2.05, 4.69) is 11.8 Å². The summed E-state index contributed by atoms with van der Waals surface area (Å²) in [6.45, 7) is 3.92. The van der Waals surface area contributed by atoms with E-state index in [0.717, 1.165) is 24.6 Å². The highest BCUT2D eigenvalue weighted by atomic mass is 19.1. The number of nitrogens with zero attached hydrogens (tertiary/aromatic N) is 1. The van der Waals surface area contributed by atoms with E-state index in [0.29, 0.717) is 24.3 Å². The molecule has 0 fully saturated rings. The van der Waals surface area contributed by atoms with Crippen molar-refractivity contribution in [1.82, 2.24) is 4.90 Å². The lowest BCUT2D eigenvalue weighted by molar-refractivity contribution is 0.253. The van der Waals surface area contributed by atoms with Gasteiger partial charge in [-0.1, -0.05) is 19.1 Å². The molecule has 0 bridgehead atoms. The summed E-state index contributed by atoms with van der Waals surface area (Å²) in [5.41, 5.74) is 7.94. The largest absolute Gasteiger partial charge is 0.399 e. The Balaban J connectivity index is 2.13. The number of rotatable bonds is 6. The van der Waals surface area contributed by atoms with Crippen molar-refractivity contribution in [1.29, 1.82) is 0 Å². The minimum atomic E-state index is -0.410. The van der Waals surface area contributed by atoms with Crippen LogP contribution in [0.1, 0.15) is 24.5 Å². The first kappa shape index (κ1) is 15.4. The number of nitrogen functional groups attached to an aromatic ring is 1. The maximum Gasteiger partial charge on any atom is 0.127 e. The van der Waals surface area contributed by atoms with Gasteiger partial charge in [-0.2, -0.15) is 0 Å². The predicted octanol–water partition coefficient (Wildman–Crippen LogP) is 3.96. The Labute approximate surface area is 124 Å². The van der Waals surface area contributed by atoms with Crippen LogP contribution in [0.2, 0.25) is 0 Å². The second-order valence-corrected chi connectivity index (χ2v) is 5.19. The summed E-state index contributed by atoms with van der Waals surface area (Å²) >= 11 is 0. The summed E-state index contributed by atoms with van der Waals surface area (Å²) in [7, 11) is 0. The molecule has 0 radical (unpaired) electrons. The molecule has 0 aliphatic rings. The average Bonchev–Trinajstić information content (AvgIpc) is 2.43. The minimum absolute atomic E-state index is 0.370. The summed E-state index contributed by atoms with van der Waals surface area (Å²) in [5.74, 6) is -0.781. The summed E-state index contributed by atoms with van der Waals surface area (Å²) in [4.78, 5) is 2.09. The molecule has 0 spiro atoms. The van der Waals surface area contributed by atoms with Gasteiger partial charge >= 0.3 is 0 Å². The normalized spacial score (nSPS) is 11.0. The summed E-state index contributed by atoms with van der Waals surface area (Å²) < 4.78 is 27.0. The van der Waals surface area contributed by atoms with Crippen LogP contribution in [-0.2, 0) is 13.1 Å². The van der Waals surface area contributed by atoms with Crippen LogP contribution >= 0.6 is 0 Å². The quantitative estimate of drug-likeness (QED) is 0.816. The molecule has 21 heavy (non-hydrogen) atoms. The topological polar surface area (TPSA) is 29.3 Å². The van der Waals surface area contributed by atoms with Gasteiger partial charge in [0.1, 0.15) is 11.6 Å². The van der Waals surface area contributed by atoms with Gasteiger partial charge in [0, 0.05) is 24.3 Å². The van der Waals surface area contributed by atoms with E-state index in [1.165, 1.54) is 12.1 Å². The Hall–Kier alpha value is -1.94. The molecule has 0 aromatic heterocycles. The maximum atomic E-state index is 13.8. The Morgan fingerprint density at radius 2 is 1.86 bits per heavy atom. The molecule has 0 saturated heterocycles. The van der Waals surface area contributed by atoms with Gasteiger partial charge in [-0.3, -0.25) is 4.90 Å². The zero-order chi connectivity index (χ0) is 15.2. The van der Waals surface area contributed by atoms with Gasteiger partial charge in [0.15, 0.2) is 0 Å². The van der Waals surface area contributed by atoms with Crippen molar-refractivity contribution >= 4 is 5.69 Å². The van der Waals surface area contributed by atoms with Crippen molar-refractivity contribution in [3.05, 3.63) is 65.2 Å². The van der Waals surface area contributed by atoms with Crippen molar-refractivity contribution in [2.24, 2.45) is 0 Å². The molecule has 0 unspecified atom stereocenters. The molecule has 0 atom stereocenters. The second-order valence-electron chi connectivity index (χ2n) is 5.19. The molecule has 2 aromatic carbocycles. The van der Waals surface area contributed by atoms with E-state index in [9.17, 15) is 8.78 Å². The molecule has 0 aliphatic heterocycles. The first-order valence-electron chi connectivity index (χ1n) is 7.09. The highest BCUT2D eigenvalue weighted by Crippen LogP contribution is 2.16. The lowest BCUT2D eigenvalue weighted by Gasteiger charge is -2.22. The van der Waals surface area contributed by atoms with E-state index in [1.807, 2.05) is 24.3 Å². The van der Waals surface area contributed by atoms with Crippen molar-refractivity contribution in [2.45, 2.75) is 26.4 Å². The molecule has 2 nitrogen and oxygen atoms in total. The molecular formula is C17H20F2N2. The molecule has 0 aliphatic carbocycles. The summed E-state index contributed by atoms with van der Waals surface area (Å²) in [6.07, 6.45) is 0.944. The molecule has 4 heteroatoms. The smallest absolute Gasteiger partial charge is 0.127 e. The lowest BCUT2D eigenvalue weighted by Crippen LogP contribution is -2.24. The number of hydrogen-bond donors (Lipinski definition) is 1. The van der Waals surface area contributed by atoms with Crippen LogP contribution in [0.15, 0.2) is 42.5 Å². The zero-order valence-electron chi connectivity index (χ0n) is 12.2. The molecule has 112 valence electrons. The van der Waals surface area contributed by atoms with Crippen LogP contribution in [0.4, 0.5) is 14.5 Å². The molecule has 0 heterocycles. The zero-order valence-corrected chi connectivity index (χ0v) is 12.2. The fraction of sp³-hybridized carbons (Fsp3) is 0.294. The SMILES string of the molecule is CCCN(Cc1cccc(N)c1)Cc1cc(F)ccc1F. The van der Waals surface area contributed by atoms with Gasteiger partial charge in [0.2, 0.25) is 0 Å². The molecule has 0 saturated carbocycles. The Bertz CT molecular complexity index is 599. The third kappa shape index (κ3) is 4.53. The van der Waals surface area contributed by atoms with Gasteiger partial charge in [0.05, 0.1) is 0 Å². The number of nitrogens with two attached hydrogens (primary N) is 1. The fourth-order valence-corrected chi connectivity index (χ4v) is 2.39. The van der Waals surface area contributed by atoms with Crippen LogP contribution in [0.25, 0.3) is 0 Å². The number of anilines is 1. The summed E-state index contributed by atoms with van der Waals surface area (Å²) in [6, 6.07) is 11.2. The first-order chi connectivity index (χ1) is 10.1. The first-order valence-corrected chi connectivity index (χ1v) is 7.09. The van der Waals surface area contributed by atoms with E-state index in [-0.39, 0.29) is 5.82 Å². The van der Waals surface area contributed by atoms with Gasteiger partial charge in [-0.15, -0.1) is 0 Å². The Morgan fingerprint density at radius 3 is 2.57 bits per heavy atom. The van der Waals surface area contributed by atoms with E-state index in [1.54, 1.807) is 0 Å². The van der Waals surface area contributed by atoms with Gasteiger partial charge in [-0.25, -0.2) is 8.78 Å². The van der Waals surface area contributed by atoms with Crippen molar-refractivity contribution < 1.29 is 8.78 Å². The van der Waals surface area contributed by atoms with Crippen LogP contribution in [-0.4, -0.2) is 11.4 Å². The van der Waals surface area contributed by atoms with Gasteiger partial charge in [-0.05, 0) is 48.9 Å². The third-order valence-electron chi connectivity index (χ3n) is 3.30.